The average molecular weight is 290 g/mol. The van der Waals surface area contributed by atoms with Gasteiger partial charge in [0.2, 0.25) is 10.0 Å². The highest BCUT2D eigenvalue weighted by Crippen LogP contribution is 2.20. The van der Waals surface area contributed by atoms with E-state index in [1.807, 2.05) is 13.8 Å². The number of nitrogens with zero attached hydrogens (tertiary/aromatic N) is 1. The van der Waals surface area contributed by atoms with Crippen molar-refractivity contribution < 1.29 is 13.2 Å². The maximum atomic E-state index is 12.4. The molecule has 0 radical (unpaired) electrons. The largest absolute Gasteiger partial charge is 0.373 e. The Morgan fingerprint density at radius 3 is 2.79 bits per heavy atom. The predicted molar refractivity (Wildman–Crippen MR) is 75.6 cm³/mol. The van der Waals surface area contributed by atoms with Crippen LogP contribution >= 0.6 is 0 Å². The molecule has 0 aromatic rings. The first kappa shape index (κ1) is 15.2. The lowest BCUT2D eigenvalue weighted by atomic mass is 10.0. The van der Waals surface area contributed by atoms with Crippen molar-refractivity contribution in [2.75, 3.05) is 32.0 Å². The summed E-state index contributed by atoms with van der Waals surface area (Å²) >= 11 is 0. The molecule has 2 heterocycles. The van der Waals surface area contributed by atoms with Crippen LogP contribution in [0.5, 0.6) is 0 Å². The molecule has 0 aromatic carbocycles. The van der Waals surface area contributed by atoms with E-state index in [2.05, 4.69) is 5.32 Å². The van der Waals surface area contributed by atoms with Gasteiger partial charge < -0.3 is 10.1 Å². The van der Waals surface area contributed by atoms with E-state index in [9.17, 15) is 8.42 Å². The second kappa shape index (κ2) is 6.08. The molecule has 2 saturated heterocycles. The molecular formula is C13H26N2O3S. The van der Waals surface area contributed by atoms with E-state index in [4.69, 9.17) is 4.74 Å². The Hall–Kier alpha value is -0.170. The Morgan fingerprint density at radius 2 is 2.16 bits per heavy atom. The molecule has 0 bridgehead atoms. The number of hydrogen-bond acceptors (Lipinski definition) is 4. The zero-order valence-corrected chi connectivity index (χ0v) is 12.8. The smallest absolute Gasteiger partial charge is 0.214 e. The van der Waals surface area contributed by atoms with Crippen LogP contribution in [0.15, 0.2) is 0 Å². The molecule has 2 fully saturated rings. The molecular weight excluding hydrogens is 264 g/mol. The quantitative estimate of drug-likeness (QED) is 0.838. The Bertz CT molecular complexity index is 389. The third-order valence-electron chi connectivity index (χ3n) is 3.92. The summed E-state index contributed by atoms with van der Waals surface area (Å²) in [4.78, 5) is 0. The van der Waals surface area contributed by atoms with Crippen molar-refractivity contribution in [2.24, 2.45) is 0 Å². The van der Waals surface area contributed by atoms with Crippen LogP contribution in [0.4, 0.5) is 0 Å². The minimum atomic E-state index is -3.14. The molecule has 6 heteroatoms. The van der Waals surface area contributed by atoms with Gasteiger partial charge >= 0.3 is 0 Å². The van der Waals surface area contributed by atoms with Gasteiger partial charge in [-0.15, -0.1) is 0 Å². The molecule has 2 aliphatic rings. The standard InChI is InChI=1S/C13H26N2O3S/c1-13(2)11-15(8-9-18-13)19(16,17)10-6-12-5-3-4-7-14-12/h12,14H,3-11H2,1-2H3. The predicted octanol–water partition coefficient (Wildman–Crippen LogP) is 0.959. The van der Waals surface area contributed by atoms with E-state index in [0.717, 1.165) is 19.4 Å². The number of rotatable bonds is 4. The molecule has 0 saturated carbocycles. The number of hydrogen-bond donors (Lipinski definition) is 1. The van der Waals surface area contributed by atoms with E-state index < -0.39 is 10.0 Å². The van der Waals surface area contributed by atoms with Gasteiger partial charge in [0.05, 0.1) is 18.0 Å². The first-order chi connectivity index (χ1) is 8.89. The van der Waals surface area contributed by atoms with Crippen molar-refractivity contribution in [3.63, 3.8) is 0 Å². The summed E-state index contributed by atoms with van der Waals surface area (Å²) in [6.45, 7) is 6.36. The zero-order chi connectivity index (χ0) is 13.9. The van der Waals surface area contributed by atoms with Crippen LogP contribution in [0.1, 0.15) is 39.5 Å². The number of sulfonamides is 1. The molecule has 2 rings (SSSR count). The number of morpholine rings is 1. The van der Waals surface area contributed by atoms with Gasteiger partial charge in [-0.3, -0.25) is 0 Å². The van der Waals surface area contributed by atoms with Crippen molar-refractivity contribution in [1.29, 1.82) is 0 Å². The summed E-state index contributed by atoms with van der Waals surface area (Å²) in [6, 6.07) is 0.373. The summed E-state index contributed by atoms with van der Waals surface area (Å²) < 4.78 is 31.9. The van der Waals surface area contributed by atoms with Gasteiger partial charge in [-0.25, -0.2) is 8.42 Å². The average Bonchev–Trinajstić information content (AvgIpc) is 2.37. The second-order valence-electron chi connectivity index (χ2n) is 6.19. The number of piperidine rings is 1. The summed E-state index contributed by atoms with van der Waals surface area (Å²) in [5.74, 6) is 0.251. The molecule has 0 amide bonds. The van der Waals surface area contributed by atoms with Gasteiger partial charge in [0.25, 0.3) is 0 Å². The van der Waals surface area contributed by atoms with Gasteiger partial charge in [0.1, 0.15) is 0 Å². The van der Waals surface area contributed by atoms with Crippen LogP contribution in [0, 0.1) is 0 Å². The summed E-state index contributed by atoms with van der Waals surface area (Å²) in [6.07, 6.45) is 4.24. The van der Waals surface area contributed by atoms with Crippen LogP contribution in [-0.4, -0.2) is 56.4 Å². The number of nitrogens with one attached hydrogen (secondary N) is 1. The van der Waals surface area contributed by atoms with Crippen LogP contribution in [0.3, 0.4) is 0 Å². The summed E-state index contributed by atoms with van der Waals surface area (Å²) in [5.41, 5.74) is -0.367. The van der Waals surface area contributed by atoms with Crippen molar-refractivity contribution in [3.05, 3.63) is 0 Å². The van der Waals surface area contributed by atoms with Gasteiger partial charge in [0.15, 0.2) is 0 Å². The van der Waals surface area contributed by atoms with Gasteiger partial charge in [-0.2, -0.15) is 4.31 Å². The van der Waals surface area contributed by atoms with E-state index in [1.54, 1.807) is 4.31 Å². The molecule has 5 nitrogen and oxygen atoms in total. The molecule has 2 aliphatic heterocycles. The van der Waals surface area contributed by atoms with Crippen molar-refractivity contribution in [1.82, 2.24) is 9.62 Å². The Balaban J connectivity index is 1.87. The van der Waals surface area contributed by atoms with E-state index >= 15 is 0 Å². The lowest BCUT2D eigenvalue weighted by molar-refractivity contribution is -0.0640. The fourth-order valence-corrected chi connectivity index (χ4v) is 4.50. The highest BCUT2D eigenvalue weighted by Gasteiger charge is 2.34. The van der Waals surface area contributed by atoms with Crippen LogP contribution < -0.4 is 5.32 Å². The number of ether oxygens (including phenoxy) is 1. The normalized spacial score (nSPS) is 29.3. The van der Waals surface area contributed by atoms with Crippen LogP contribution in [0.2, 0.25) is 0 Å². The van der Waals surface area contributed by atoms with E-state index in [1.165, 1.54) is 12.8 Å². The molecule has 19 heavy (non-hydrogen) atoms. The fourth-order valence-electron chi connectivity index (χ4n) is 2.80. The topological polar surface area (TPSA) is 58.6 Å². The maximum absolute atomic E-state index is 12.4. The van der Waals surface area contributed by atoms with E-state index in [0.29, 0.717) is 25.7 Å². The van der Waals surface area contributed by atoms with Crippen molar-refractivity contribution in [3.8, 4) is 0 Å². The monoisotopic (exact) mass is 290 g/mol. The molecule has 0 spiro atoms. The van der Waals surface area contributed by atoms with Crippen molar-refractivity contribution >= 4 is 10.0 Å². The molecule has 0 aromatic heterocycles. The first-order valence-electron chi connectivity index (χ1n) is 7.24. The maximum Gasteiger partial charge on any atom is 0.214 e. The third kappa shape index (κ3) is 4.41. The van der Waals surface area contributed by atoms with Gasteiger partial charge in [-0.1, -0.05) is 6.42 Å². The Kier molecular flexibility index (Phi) is 4.87. The van der Waals surface area contributed by atoms with Gasteiger partial charge in [-0.05, 0) is 39.7 Å². The van der Waals surface area contributed by atoms with Crippen LogP contribution in [-0.2, 0) is 14.8 Å². The highest BCUT2D eigenvalue weighted by molar-refractivity contribution is 7.89. The van der Waals surface area contributed by atoms with Crippen molar-refractivity contribution in [2.45, 2.75) is 51.2 Å². The molecule has 0 aliphatic carbocycles. The third-order valence-corrected chi connectivity index (χ3v) is 5.77. The SMILES string of the molecule is CC1(C)CN(S(=O)(=O)CCC2CCCCN2)CCO1. The van der Waals surface area contributed by atoms with Crippen LogP contribution in [0.25, 0.3) is 0 Å². The van der Waals surface area contributed by atoms with Gasteiger partial charge in [0, 0.05) is 19.1 Å². The summed E-state index contributed by atoms with van der Waals surface area (Å²) in [5, 5.41) is 3.40. The lowest BCUT2D eigenvalue weighted by Gasteiger charge is -2.37. The highest BCUT2D eigenvalue weighted by atomic mass is 32.2. The molecule has 112 valence electrons. The minimum absolute atomic E-state index is 0.251. The molecule has 1 N–H and O–H groups in total. The lowest BCUT2D eigenvalue weighted by Crippen LogP contribution is -2.51. The van der Waals surface area contributed by atoms with E-state index in [-0.39, 0.29) is 11.4 Å². The molecule has 1 atom stereocenters. The first-order valence-corrected chi connectivity index (χ1v) is 8.85. The Morgan fingerprint density at radius 1 is 1.37 bits per heavy atom. The Labute approximate surface area is 116 Å². The minimum Gasteiger partial charge on any atom is -0.373 e. The molecule has 1 unspecified atom stereocenters. The second-order valence-corrected chi connectivity index (χ2v) is 8.28. The zero-order valence-electron chi connectivity index (χ0n) is 12.0. The summed E-state index contributed by atoms with van der Waals surface area (Å²) in [7, 11) is -3.14. The fraction of sp³-hybridized carbons (Fsp3) is 1.00.